The fraction of sp³-hybridized carbons (Fsp3) is 0.500. The van der Waals surface area contributed by atoms with E-state index in [1.807, 2.05) is 30.5 Å². The molecule has 0 radical (unpaired) electrons. The molecule has 0 saturated carbocycles. The van der Waals surface area contributed by atoms with E-state index >= 15 is 0 Å². The van der Waals surface area contributed by atoms with Crippen LogP contribution in [0.25, 0.3) is 0 Å². The molecule has 0 aliphatic carbocycles. The second-order valence-corrected chi connectivity index (χ2v) is 8.55. The fourth-order valence-electron chi connectivity index (χ4n) is 3.21. The van der Waals surface area contributed by atoms with Gasteiger partial charge >= 0.3 is 0 Å². The van der Waals surface area contributed by atoms with E-state index in [1.54, 1.807) is 4.68 Å². The van der Waals surface area contributed by atoms with Gasteiger partial charge in [-0.1, -0.05) is 17.3 Å². The average Bonchev–Trinajstić information content (AvgIpc) is 3.02. The van der Waals surface area contributed by atoms with Crippen molar-refractivity contribution in [3.63, 3.8) is 0 Å². The first kappa shape index (κ1) is 15.4. The topological polar surface area (TPSA) is 83.3 Å². The summed E-state index contributed by atoms with van der Waals surface area (Å²) in [5, 5.41) is 8.29. The van der Waals surface area contributed by atoms with Gasteiger partial charge in [0.25, 0.3) is 0 Å². The van der Waals surface area contributed by atoms with E-state index in [0.29, 0.717) is 19.6 Å². The van der Waals surface area contributed by atoms with Crippen LogP contribution >= 0.6 is 0 Å². The van der Waals surface area contributed by atoms with E-state index in [1.165, 1.54) is 0 Å². The second kappa shape index (κ2) is 6.08. The summed E-state index contributed by atoms with van der Waals surface area (Å²) in [6, 6.07) is 7.57. The highest BCUT2D eigenvalue weighted by Crippen LogP contribution is 2.31. The third-order valence-corrected chi connectivity index (χ3v) is 6.22. The number of fused-ring (bicyclic) bond motifs is 1. The summed E-state index contributed by atoms with van der Waals surface area (Å²) in [7, 11) is -2.95. The van der Waals surface area contributed by atoms with Crippen LogP contribution in [0.3, 0.4) is 0 Å². The fourth-order valence-corrected chi connectivity index (χ4v) is 4.93. The molecule has 7 nitrogen and oxygen atoms in total. The number of benzene rings is 1. The van der Waals surface area contributed by atoms with Crippen molar-refractivity contribution >= 4 is 9.84 Å². The van der Waals surface area contributed by atoms with Gasteiger partial charge in [0.2, 0.25) is 0 Å². The van der Waals surface area contributed by atoms with Gasteiger partial charge in [0, 0.05) is 12.1 Å². The lowest BCUT2D eigenvalue weighted by atomic mass is 10.0. The molecule has 8 heteroatoms. The van der Waals surface area contributed by atoms with E-state index in [9.17, 15) is 8.42 Å². The predicted octanol–water partition coefficient (Wildman–Crippen LogP) is 1.41. The molecule has 1 aromatic heterocycles. The summed E-state index contributed by atoms with van der Waals surface area (Å²) in [6.07, 6.45) is 3.21. The van der Waals surface area contributed by atoms with Crippen molar-refractivity contribution in [2.24, 2.45) is 0 Å². The van der Waals surface area contributed by atoms with Crippen LogP contribution in [-0.4, -0.2) is 47.6 Å². The molecular formula is C16H19N3O4S. The third-order valence-electron chi connectivity index (χ3n) is 4.40. The molecule has 2 aliphatic rings. The quantitative estimate of drug-likeness (QED) is 0.833. The molecule has 4 rings (SSSR count). The van der Waals surface area contributed by atoms with Crippen LogP contribution in [0.2, 0.25) is 0 Å². The van der Waals surface area contributed by atoms with Crippen LogP contribution in [0.15, 0.2) is 30.5 Å². The highest BCUT2D eigenvalue weighted by atomic mass is 32.2. The van der Waals surface area contributed by atoms with E-state index in [0.717, 1.165) is 23.6 Å². The van der Waals surface area contributed by atoms with E-state index in [2.05, 4.69) is 10.3 Å². The van der Waals surface area contributed by atoms with Crippen LogP contribution in [-0.2, 0) is 16.4 Å². The summed E-state index contributed by atoms with van der Waals surface area (Å²) < 4.78 is 36.9. The van der Waals surface area contributed by atoms with Crippen molar-refractivity contribution in [3.8, 4) is 11.5 Å². The van der Waals surface area contributed by atoms with Crippen LogP contribution < -0.4 is 9.47 Å². The number of para-hydroxylation sites is 2. The normalized spacial score (nSPS) is 25.3. The molecule has 1 fully saturated rings. The molecule has 1 aromatic carbocycles. The summed E-state index contributed by atoms with van der Waals surface area (Å²) in [6.45, 7) is 0.963. The Balaban J connectivity index is 1.43. The maximum Gasteiger partial charge on any atom is 0.161 e. The number of sulfone groups is 1. The van der Waals surface area contributed by atoms with Gasteiger partial charge in [-0.05, 0) is 25.0 Å². The molecule has 0 bridgehead atoms. The predicted molar refractivity (Wildman–Crippen MR) is 87.0 cm³/mol. The first-order valence-electron chi connectivity index (χ1n) is 8.08. The molecule has 24 heavy (non-hydrogen) atoms. The zero-order valence-electron chi connectivity index (χ0n) is 13.2. The van der Waals surface area contributed by atoms with E-state index < -0.39 is 9.84 Å². The highest BCUT2D eigenvalue weighted by Gasteiger charge is 2.28. The van der Waals surface area contributed by atoms with Crippen molar-refractivity contribution < 1.29 is 17.9 Å². The van der Waals surface area contributed by atoms with Gasteiger partial charge in [0.05, 0.1) is 23.7 Å². The number of nitrogens with zero attached hydrogens (tertiary/aromatic N) is 3. The summed E-state index contributed by atoms with van der Waals surface area (Å²) in [5.74, 6) is 1.88. The standard InChI is InChI=1S/C16H19N3O4S/c20-24(21)7-3-4-12(11-24)14-9-19(18-17-14)8-13-10-22-15-5-1-2-6-16(15)23-13/h1-2,5-6,9,12-13H,3-4,7-8,10-11H2. The smallest absolute Gasteiger partial charge is 0.161 e. The first-order chi connectivity index (χ1) is 11.6. The molecule has 2 aromatic rings. The zero-order chi connectivity index (χ0) is 16.6. The molecule has 128 valence electrons. The maximum absolute atomic E-state index is 11.8. The van der Waals surface area contributed by atoms with E-state index in [-0.39, 0.29) is 23.5 Å². The summed E-state index contributed by atoms with van der Waals surface area (Å²) in [5.41, 5.74) is 0.746. The first-order valence-corrected chi connectivity index (χ1v) is 9.90. The van der Waals surface area contributed by atoms with Crippen molar-refractivity contribution in [1.29, 1.82) is 0 Å². The van der Waals surface area contributed by atoms with Crippen LogP contribution in [0, 0.1) is 0 Å². The Morgan fingerprint density at radius 1 is 1.25 bits per heavy atom. The van der Waals surface area contributed by atoms with Gasteiger partial charge < -0.3 is 9.47 Å². The Bertz CT molecular complexity index is 833. The number of hydrogen-bond acceptors (Lipinski definition) is 6. The van der Waals surface area contributed by atoms with Crippen molar-refractivity contribution in [1.82, 2.24) is 15.0 Å². The minimum atomic E-state index is -2.95. The molecule has 2 unspecified atom stereocenters. The van der Waals surface area contributed by atoms with Crippen LogP contribution in [0.4, 0.5) is 0 Å². The van der Waals surface area contributed by atoms with Crippen LogP contribution in [0.5, 0.6) is 11.5 Å². The molecule has 2 atom stereocenters. The van der Waals surface area contributed by atoms with Crippen LogP contribution in [0.1, 0.15) is 24.5 Å². The Labute approximate surface area is 140 Å². The van der Waals surface area contributed by atoms with Crippen molar-refractivity contribution in [2.45, 2.75) is 31.4 Å². The minimum Gasteiger partial charge on any atom is -0.486 e. The number of rotatable bonds is 3. The second-order valence-electron chi connectivity index (χ2n) is 6.32. The summed E-state index contributed by atoms with van der Waals surface area (Å²) in [4.78, 5) is 0. The van der Waals surface area contributed by atoms with Gasteiger partial charge in [-0.2, -0.15) is 0 Å². The van der Waals surface area contributed by atoms with Crippen molar-refractivity contribution in [3.05, 3.63) is 36.2 Å². The molecule has 0 N–H and O–H groups in total. The molecule has 1 saturated heterocycles. The molecule has 0 amide bonds. The zero-order valence-corrected chi connectivity index (χ0v) is 14.0. The summed E-state index contributed by atoms with van der Waals surface area (Å²) >= 11 is 0. The largest absolute Gasteiger partial charge is 0.486 e. The lowest BCUT2D eigenvalue weighted by Crippen LogP contribution is -2.33. The van der Waals surface area contributed by atoms with Gasteiger partial charge in [0.1, 0.15) is 6.61 Å². The lowest BCUT2D eigenvalue weighted by Gasteiger charge is -2.26. The SMILES string of the molecule is O=S1(=O)CCCC(c2cn(CC3COc4ccccc4O3)nn2)C1. The Morgan fingerprint density at radius 2 is 2.08 bits per heavy atom. The van der Waals surface area contributed by atoms with Gasteiger partial charge in [0.15, 0.2) is 27.4 Å². The Morgan fingerprint density at radius 3 is 2.92 bits per heavy atom. The number of aromatic nitrogens is 3. The monoisotopic (exact) mass is 349 g/mol. The van der Waals surface area contributed by atoms with Gasteiger partial charge in [-0.25, -0.2) is 13.1 Å². The lowest BCUT2D eigenvalue weighted by molar-refractivity contribution is 0.0754. The molecule has 0 spiro atoms. The minimum absolute atomic E-state index is 0.0539. The highest BCUT2D eigenvalue weighted by molar-refractivity contribution is 7.91. The Kier molecular flexibility index (Phi) is 3.91. The number of hydrogen-bond donors (Lipinski definition) is 0. The molecule has 2 aliphatic heterocycles. The van der Waals surface area contributed by atoms with E-state index in [4.69, 9.17) is 9.47 Å². The van der Waals surface area contributed by atoms with Gasteiger partial charge in [-0.15, -0.1) is 5.10 Å². The number of ether oxygens (including phenoxy) is 2. The molecular weight excluding hydrogens is 330 g/mol. The molecule has 3 heterocycles. The third kappa shape index (κ3) is 3.24. The average molecular weight is 349 g/mol. The van der Waals surface area contributed by atoms with Crippen molar-refractivity contribution in [2.75, 3.05) is 18.1 Å². The maximum atomic E-state index is 11.8. The van der Waals surface area contributed by atoms with Gasteiger partial charge in [-0.3, -0.25) is 0 Å². The Hall–Kier alpha value is -2.09.